The molecule has 0 saturated heterocycles. The van der Waals surface area contributed by atoms with Gasteiger partial charge in [-0.3, -0.25) is 0 Å². The number of hydrogen-bond acceptors (Lipinski definition) is 3. The normalized spacial score (nSPS) is 12.5. The first-order valence-electron chi connectivity index (χ1n) is 5.83. The van der Waals surface area contributed by atoms with Crippen LogP contribution in [0.5, 0.6) is 11.5 Å². The van der Waals surface area contributed by atoms with Crippen LogP contribution in [-0.2, 0) is 5.92 Å². The molecule has 0 aliphatic heterocycles. The van der Waals surface area contributed by atoms with Crippen LogP contribution in [0.1, 0.15) is 5.56 Å². The van der Waals surface area contributed by atoms with Crippen molar-refractivity contribution in [3.8, 4) is 17.6 Å². The Morgan fingerprint density at radius 1 is 1.00 bits per heavy atom. The van der Waals surface area contributed by atoms with Crippen molar-refractivity contribution in [1.29, 1.82) is 5.26 Å². The smallest absolute Gasteiger partial charge is 0.311 e. The highest BCUT2D eigenvalue weighted by Gasteiger charge is 2.40. The molecular weight excluding hydrogens is 264 g/mol. The molecule has 1 N–H and O–H groups in total. The van der Waals surface area contributed by atoms with E-state index >= 15 is 0 Å². The van der Waals surface area contributed by atoms with Gasteiger partial charge in [0, 0.05) is 5.56 Å². The van der Waals surface area contributed by atoms with Gasteiger partial charge in [-0.15, -0.1) is 0 Å². The SMILES string of the molecule is N#CC(O)C(F)(F)c1ccc(Oc2ccccc2)cc1. The molecule has 0 radical (unpaired) electrons. The molecular formula is C15H11F2NO2. The highest BCUT2D eigenvalue weighted by Crippen LogP contribution is 2.33. The Hall–Kier alpha value is -2.45. The van der Waals surface area contributed by atoms with Gasteiger partial charge in [0.2, 0.25) is 6.10 Å². The van der Waals surface area contributed by atoms with E-state index in [1.54, 1.807) is 24.3 Å². The van der Waals surface area contributed by atoms with Crippen molar-refractivity contribution in [2.75, 3.05) is 0 Å². The molecule has 5 heteroatoms. The van der Waals surface area contributed by atoms with Crippen LogP contribution in [0.2, 0.25) is 0 Å². The van der Waals surface area contributed by atoms with Gasteiger partial charge in [0.05, 0.1) is 0 Å². The second-order valence-corrected chi connectivity index (χ2v) is 4.09. The molecule has 0 amide bonds. The van der Waals surface area contributed by atoms with E-state index in [1.807, 2.05) is 6.07 Å². The first kappa shape index (κ1) is 14.0. The number of halogens is 2. The minimum atomic E-state index is -3.61. The molecule has 2 aromatic rings. The van der Waals surface area contributed by atoms with Gasteiger partial charge in [-0.1, -0.05) is 18.2 Å². The summed E-state index contributed by atoms with van der Waals surface area (Å²) in [6, 6.07) is 15.0. The third kappa shape index (κ3) is 2.92. The zero-order valence-corrected chi connectivity index (χ0v) is 10.3. The number of aliphatic hydroxyl groups is 1. The highest BCUT2D eigenvalue weighted by atomic mass is 19.3. The average Bonchev–Trinajstić information content (AvgIpc) is 2.48. The zero-order valence-electron chi connectivity index (χ0n) is 10.3. The molecule has 102 valence electrons. The van der Waals surface area contributed by atoms with Crippen LogP contribution in [0.4, 0.5) is 8.78 Å². The van der Waals surface area contributed by atoms with Gasteiger partial charge >= 0.3 is 5.92 Å². The minimum Gasteiger partial charge on any atom is -0.457 e. The number of aliphatic hydroxyl groups excluding tert-OH is 1. The van der Waals surface area contributed by atoms with Crippen molar-refractivity contribution in [3.63, 3.8) is 0 Å². The molecule has 0 heterocycles. The zero-order chi connectivity index (χ0) is 14.6. The van der Waals surface area contributed by atoms with E-state index in [0.29, 0.717) is 11.5 Å². The van der Waals surface area contributed by atoms with Crippen LogP contribution < -0.4 is 4.74 Å². The number of alkyl halides is 2. The lowest BCUT2D eigenvalue weighted by Gasteiger charge is -2.18. The molecule has 1 unspecified atom stereocenters. The maximum atomic E-state index is 13.6. The van der Waals surface area contributed by atoms with Crippen LogP contribution in [0, 0.1) is 11.3 Å². The standard InChI is InChI=1S/C15H11F2NO2/c16-15(17,14(19)10-18)11-6-8-13(9-7-11)20-12-4-2-1-3-5-12/h1-9,14,19H. The van der Waals surface area contributed by atoms with Crippen LogP contribution in [0.15, 0.2) is 54.6 Å². The summed E-state index contributed by atoms with van der Waals surface area (Å²) >= 11 is 0. The first-order valence-corrected chi connectivity index (χ1v) is 5.83. The first-order chi connectivity index (χ1) is 9.54. The molecule has 0 bridgehead atoms. The Morgan fingerprint density at radius 2 is 1.55 bits per heavy atom. The fraction of sp³-hybridized carbons (Fsp3) is 0.133. The number of hydrogen-bond donors (Lipinski definition) is 1. The molecule has 0 fully saturated rings. The van der Waals surface area contributed by atoms with Gasteiger partial charge in [0.25, 0.3) is 0 Å². The molecule has 0 aromatic heterocycles. The van der Waals surface area contributed by atoms with Gasteiger partial charge in [-0.25, -0.2) is 0 Å². The van der Waals surface area contributed by atoms with E-state index < -0.39 is 17.6 Å². The number of ether oxygens (including phenoxy) is 1. The second-order valence-electron chi connectivity index (χ2n) is 4.09. The Labute approximate surface area is 114 Å². The minimum absolute atomic E-state index is 0.391. The van der Waals surface area contributed by atoms with Gasteiger partial charge in [-0.05, 0) is 36.4 Å². The molecule has 0 spiro atoms. The molecule has 0 aliphatic carbocycles. The summed E-state index contributed by atoms with van der Waals surface area (Å²) in [7, 11) is 0. The maximum absolute atomic E-state index is 13.6. The summed E-state index contributed by atoms with van der Waals surface area (Å²) in [5.74, 6) is -2.63. The number of benzene rings is 2. The maximum Gasteiger partial charge on any atom is 0.311 e. The third-order valence-electron chi connectivity index (χ3n) is 2.68. The predicted molar refractivity (Wildman–Crippen MR) is 68.5 cm³/mol. The topological polar surface area (TPSA) is 53.2 Å². The molecule has 1 atom stereocenters. The van der Waals surface area contributed by atoms with Gasteiger partial charge < -0.3 is 9.84 Å². The van der Waals surface area contributed by atoms with Crippen LogP contribution in [0.25, 0.3) is 0 Å². The molecule has 2 aromatic carbocycles. The van der Waals surface area contributed by atoms with Crippen molar-refractivity contribution in [1.82, 2.24) is 0 Å². The summed E-state index contributed by atoms with van der Waals surface area (Å²) in [5.41, 5.74) is -0.438. The quantitative estimate of drug-likeness (QED) is 0.869. The van der Waals surface area contributed by atoms with Crippen molar-refractivity contribution in [2.24, 2.45) is 0 Å². The van der Waals surface area contributed by atoms with E-state index in [2.05, 4.69) is 0 Å². The number of nitrogens with zero attached hydrogens (tertiary/aromatic N) is 1. The molecule has 0 saturated carbocycles. The third-order valence-corrected chi connectivity index (χ3v) is 2.68. The van der Waals surface area contributed by atoms with Gasteiger partial charge in [0.15, 0.2) is 0 Å². The van der Waals surface area contributed by atoms with Gasteiger partial charge in [-0.2, -0.15) is 14.0 Å². The lowest BCUT2D eigenvalue weighted by atomic mass is 10.0. The number of para-hydroxylation sites is 1. The summed E-state index contributed by atoms with van der Waals surface area (Å²) in [6.45, 7) is 0. The lowest BCUT2D eigenvalue weighted by Crippen LogP contribution is -2.29. The summed E-state index contributed by atoms with van der Waals surface area (Å²) in [4.78, 5) is 0. The molecule has 0 aliphatic rings. The van der Waals surface area contributed by atoms with Crippen molar-refractivity contribution < 1.29 is 18.6 Å². The van der Waals surface area contributed by atoms with E-state index in [9.17, 15) is 8.78 Å². The number of nitriles is 1. The summed E-state index contributed by atoms with van der Waals surface area (Å²) < 4.78 is 32.7. The predicted octanol–water partition coefficient (Wildman–Crippen LogP) is 3.46. The van der Waals surface area contributed by atoms with E-state index in [1.165, 1.54) is 12.1 Å². The van der Waals surface area contributed by atoms with Crippen LogP contribution in [-0.4, -0.2) is 11.2 Å². The van der Waals surface area contributed by atoms with Gasteiger partial charge in [0.1, 0.15) is 17.6 Å². The van der Waals surface area contributed by atoms with E-state index in [4.69, 9.17) is 15.1 Å². The number of rotatable bonds is 4. The van der Waals surface area contributed by atoms with Crippen LogP contribution >= 0.6 is 0 Å². The largest absolute Gasteiger partial charge is 0.457 e. The van der Waals surface area contributed by atoms with E-state index in [0.717, 1.165) is 18.2 Å². The summed E-state index contributed by atoms with van der Waals surface area (Å²) in [5, 5.41) is 17.4. The second kappa shape index (κ2) is 5.68. The monoisotopic (exact) mass is 275 g/mol. The molecule has 3 nitrogen and oxygen atoms in total. The Morgan fingerprint density at radius 3 is 2.10 bits per heavy atom. The fourth-order valence-electron chi connectivity index (χ4n) is 1.61. The highest BCUT2D eigenvalue weighted by molar-refractivity contribution is 5.35. The molecule has 20 heavy (non-hydrogen) atoms. The fourth-order valence-corrected chi connectivity index (χ4v) is 1.61. The average molecular weight is 275 g/mol. The van der Waals surface area contributed by atoms with Crippen molar-refractivity contribution in [2.45, 2.75) is 12.0 Å². The van der Waals surface area contributed by atoms with Crippen molar-refractivity contribution in [3.05, 3.63) is 60.2 Å². The Bertz CT molecular complexity index is 606. The Kier molecular flexibility index (Phi) is 3.97. The molecule has 2 rings (SSSR count). The summed E-state index contributed by atoms with van der Waals surface area (Å²) in [6.07, 6.45) is -2.37. The van der Waals surface area contributed by atoms with E-state index in [-0.39, 0.29) is 0 Å². The van der Waals surface area contributed by atoms with Crippen molar-refractivity contribution >= 4 is 0 Å². The Balaban J connectivity index is 2.17. The van der Waals surface area contributed by atoms with Crippen LogP contribution in [0.3, 0.4) is 0 Å². The lowest BCUT2D eigenvalue weighted by molar-refractivity contribution is -0.0892.